The van der Waals surface area contributed by atoms with E-state index in [2.05, 4.69) is 15.2 Å². The highest BCUT2D eigenvalue weighted by atomic mass is 35.5. The van der Waals surface area contributed by atoms with Crippen LogP contribution in [0.5, 0.6) is 11.8 Å². The van der Waals surface area contributed by atoms with Crippen LogP contribution in [0.4, 0.5) is 24.0 Å². The van der Waals surface area contributed by atoms with Gasteiger partial charge in [0.25, 0.3) is 0 Å². The van der Waals surface area contributed by atoms with Crippen molar-refractivity contribution in [2.45, 2.75) is 43.2 Å². The van der Waals surface area contributed by atoms with Crippen molar-refractivity contribution in [1.29, 1.82) is 5.26 Å². The van der Waals surface area contributed by atoms with Gasteiger partial charge in [-0.1, -0.05) is 17.7 Å². The summed E-state index contributed by atoms with van der Waals surface area (Å²) in [5.74, 6) is -1.43. The number of alkyl halides is 1. The quantitative estimate of drug-likeness (QED) is 0.226. The first-order chi connectivity index (χ1) is 24.0. The van der Waals surface area contributed by atoms with E-state index < -0.39 is 35.6 Å². The van der Waals surface area contributed by atoms with Crippen LogP contribution in [0.1, 0.15) is 24.8 Å². The third kappa shape index (κ3) is 5.25. The number of aliphatic hydroxyl groups is 1. The molecule has 3 fully saturated rings. The minimum Gasteiger partial charge on any atom is -0.489 e. The summed E-state index contributed by atoms with van der Waals surface area (Å²) in [6, 6.07) is 3.70. The summed E-state index contributed by atoms with van der Waals surface area (Å²) in [4.78, 5) is 27.4. The molecule has 262 valence electrons. The lowest BCUT2D eigenvalue weighted by Gasteiger charge is -2.31. The number of hydrogen-bond acceptors (Lipinski definition) is 12. The molecule has 4 aliphatic rings. The van der Waals surface area contributed by atoms with Crippen LogP contribution in [0, 0.1) is 23.0 Å². The molecule has 0 aliphatic carbocycles. The Morgan fingerprint density at radius 1 is 1.34 bits per heavy atom. The molecule has 4 atom stereocenters. The summed E-state index contributed by atoms with van der Waals surface area (Å²) >= 11 is 7.86. The first-order valence-electron chi connectivity index (χ1n) is 16.2. The van der Waals surface area contributed by atoms with Crippen molar-refractivity contribution >= 4 is 60.7 Å². The van der Waals surface area contributed by atoms with E-state index in [1.807, 2.05) is 11.0 Å². The van der Waals surface area contributed by atoms with Gasteiger partial charge in [0.05, 0.1) is 32.8 Å². The van der Waals surface area contributed by atoms with E-state index in [9.17, 15) is 23.9 Å². The number of fused-ring (bicyclic) bond motifs is 2. The number of benzene rings is 2. The monoisotopic (exact) mass is 728 g/mol. The van der Waals surface area contributed by atoms with Crippen molar-refractivity contribution in [3.63, 3.8) is 0 Å². The zero-order valence-electron chi connectivity index (χ0n) is 26.8. The SMILES string of the molecule is CN(CCN1CCOc2c(Cl)c(-c3ccc(F)c4sc(N)c(C#N)c34)c(F)c3nc(OC[C@@]45CCCN4C[C@H](F)C5)nc1c23)C(=O)[C@@H]1N[C@H]1O. The number of rotatable bonds is 8. The number of ether oxygens (including phenoxy) is 2. The minimum atomic E-state index is -0.984. The Bertz CT molecular complexity index is 2120. The van der Waals surface area contributed by atoms with Crippen molar-refractivity contribution in [3.8, 4) is 29.0 Å². The number of carbonyl (C=O) groups is 1. The maximum atomic E-state index is 17.2. The Labute approximate surface area is 293 Å². The Morgan fingerprint density at radius 2 is 2.14 bits per heavy atom. The Morgan fingerprint density at radius 3 is 2.90 bits per heavy atom. The minimum absolute atomic E-state index is 0.00360. The molecule has 17 heteroatoms. The van der Waals surface area contributed by atoms with Gasteiger partial charge in [-0.25, -0.2) is 13.2 Å². The molecule has 6 heterocycles. The molecular weight excluding hydrogens is 697 g/mol. The van der Waals surface area contributed by atoms with Crippen molar-refractivity contribution < 1.29 is 32.5 Å². The summed E-state index contributed by atoms with van der Waals surface area (Å²) in [7, 11) is 1.62. The summed E-state index contributed by atoms with van der Waals surface area (Å²) in [5, 5.41) is 22.5. The van der Waals surface area contributed by atoms with Crippen LogP contribution in [-0.4, -0.2) is 108 Å². The maximum Gasteiger partial charge on any atom is 0.319 e. The van der Waals surface area contributed by atoms with Gasteiger partial charge in [0.2, 0.25) is 5.91 Å². The number of halogens is 4. The number of carbonyl (C=O) groups excluding carboxylic acids is 1. The molecule has 0 radical (unpaired) electrons. The molecule has 0 spiro atoms. The van der Waals surface area contributed by atoms with Crippen LogP contribution >= 0.6 is 22.9 Å². The lowest BCUT2D eigenvalue weighted by Crippen LogP contribution is -2.43. The van der Waals surface area contributed by atoms with E-state index >= 15 is 4.39 Å². The molecule has 4 aliphatic heterocycles. The molecule has 4 N–H and O–H groups in total. The smallest absolute Gasteiger partial charge is 0.319 e. The van der Waals surface area contributed by atoms with Crippen LogP contribution in [-0.2, 0) is 4.79 Å². The van der Waals surface area contributed by atoms with Crippen LogP contribution in [0.25, 0.3) is 32.1 Å². The van der Waals surface area contributed by atoms with Crippen LogP contribution in [0.15, 0.2) is 12.1 Å². The van der Waals surface area contributed by atoms with Gasteiger partial charge in [-0.3, -0.25) is 15.0 Å². The molecule has 1 amide bonds. The van der Waals surface area contributed by atoms with Crippen molar-refractivity contribution in [2.75, 3.05) is 63.6 Å². The highest BCUT2D eigenvalue weighted by Gasteiger charge is 2.49. The average Bonchev–Trinajstić information content (AvgIpc) is 3.45. The van der Waals surface area contributed by atoms with E-state index in [4.69, 9.17) is 31.8 Å². The number of thiophene rings is 1. The van der Waals surface area contributed by atoms with Crippen molar-refractivity contribution in [2.24, 2.45) is 0 Å². The fourth-order valence-corrected chi connectivity index (χ4v) is 8.87. The number of aliphatic hydroxyl groups excluding tert-OH is 1. The average molecular weight is 729 g/mol. The zero-order valence-corrected chi connectivity index (χ0v) is 28.4. The molecule has 0 unspecified atom stereocenters. The number of aromatic nitrogens is 2. The van der Waals surface area contributed by atoms with Crippen LogP contribution in [0.2, 0.25) is 5.02 Å². The predicted molar refractivity (Wildman–Crippen MR) is 181 cm³/mol. The van der Waals surface area contributed by atoms with Gasteiger partial charge in [-0.2, -0.15) is 15.2 Å². The number of nitriles is 1. The van der Waals surface area contributed by atoms with E-state index in [1.54, 1.807) is 7.05 Å². The Kier molecular flexibility index (Phi) is 8.11. The largest absolute Gasteiger partial charge is 0.489 e. The molecule has 4 aromatic rings. The van der Waals surface area contributed by atoms with E-state index in [-0.39, 0.29) is 104 Å². The standard InChI is InChI=1S/C33H32ClF3N8O4S/c1-43(31(47)25-30(46)40-25)7-8-44-9-10-48-26-21-24(41-32(42-29(21)44)49-14-33-5-2-6-45(33)13-15(35)11-33)23(37)20(22(26)34)16-3-4-18(36)27-19(16)17(12-38)28(39)50-27/h3-4,15,25,30,40,46H,2,5-11,13-14,39H2,1H3/t15-,25-,30+,33+/m1/s1. The normalized spacial score (nSPS) is 24.3. The molecule has 3 saturated heterocycles. The number of hydrogen-bond donors (Lipinski definition) is 3. The summed E-state index contributed by atoms with van der Waals surface area (Å²) in [5.41, 5.74) is 5.34. The number of nitrogens with zero attached hydrogens (tertiary/aromatic N) is 6. The number of anilines is 2. The van der Waals surface area contributed by atoms with Crippen molar-refractivity contribution in [3.05, 3.63) is 34.4 Å². The first kappa shape index (κ1) is 33.0. The third-order valence-electron chi connectivity index (χ3n) is 10.2. The predicted octanol–water partition coefficient (Wildman–Crippen LogP) is 3.80. The highest BCUT2D eigenvalue weighted by Crippen LogP contribution is 2.51. The fraction of sp³-hybridized carbons (Fsp3) is 0.455. The molecule has 8 rings (SSSR count). The van der Waals surface area contributed by atoms with Gasteiger partial charge < -0.3 is 30.1 Å². The van der Waals surface area contributed by atoms with Crippen LogP contribution in [0.3, 0.4) is 0 Å². The van der Waals surface area contributed by atoms with Gasteiger partial charge >= 0.3 is 6.01 Å². The second-order valence-electron chi connectivity index (χ2n) is 13.2. The molecule has 12 nitrogen and oxygen atoms in total. The van der Waals surface area contributed by atoms with Gasteiger partial charge in [0.1, 0.15) is 59.9 Å². The number of nitrogen functional groups attached to an aromatic ring is 1. The molecule has 2 aromatic heterocycles. The van der Waals surface area contributed by atoms with E-state index in [0.29, 0.717) is 13.0 Å². The highest BCUT2D eigenvalue weighted by molar-refractivity contribution is 7.23. The van der Waals surface area contributed by atoms with E-state index in [1.165, 1.54) is 11.0 Å². The topological polar surface area (TPSA) is 163 Å². The first-order valence-corrected chi connectivity index (χ1v) is 17.4. The third-order valence-corrected chi connectivity index (χ3v) is 11.6. The molecule has 2 aromatic carbocycles. The van der Waals surface area contributed by atoms with Gasteiger partial charge in [-0.15, -0.1) is 11.3 Å². The lowest BCUT2D eigenvalue weighted by atomic mass is 9.95. The molecule has 50 heavy (non-hydrogen) atoms. The van der Waals surface area contributed by atoms with Gasteiger partial charge in [-0.05, 0) is 31.0 Å². The summed E-state index contributed by atoms with van der Waals surface area (Å²) in [6.07, 6.45) is 0.0741. The zero-order chi connectivity index (χ0) is 35.1. The number of nitrogens with two attached hydrogens (primary N) is 1. The fourth-order valence-electron chi connectivity index (χ4n) is 7.59. The van der Waals surface area contributed by atoms with Gasteiger partial charge in [0.15, 0.2) is 11.6 Å². The molecule has 0 saturated carbocycles. The Balaban J connectivity index is 1.27. The maximum absolute atomic E-state index is 17.2. The lowest BCUT2D eigenvalue weighted by molar-refractivity contribution is -0.129. The summed E-state index contributed by atoms with van der Waals surface area (Å²) in [6.45, 7) is 2.01. The van der Waals surface area contributed by atoms with E-state index in [0.717, 1.165) is 36.8 Å². The second kappa shape index (κ2) is 12.3. The Hall–Kier alpha value is -4.14. The number of likely N-dealkylation sites (N-methyl/N-ethyl adjacent to an activating group) is 1. The van der Waals surface area contributed by atoms with Crippen LogP contribution < -0.4 is 25.4 Å². The second-order valence-corrected chi connectivity index (χ2v) is 14.6. The van der Waals surface area contributed by atoms with Gasteiger partial charge in [0, 0.05) is 44.1 Å². The van der Waals surface area contributed by atoms with Crippen molar-refractivity contribution in [1.82, 2.24) is 25.1 Å². The molecular formula is C33H32ClF3N8O4S. The number of amides is 1. The number of nitrogens with one attached hydrogen (secondary N) is 1. The summed E-state index contributed by atoms with van der Waals surface area (Å²) < 4.78 is 59.1. The molecule has 0 bridgehead atoms.